The van der Waals surface area contributed by atoms with E-state index in [1.807, 2.05) is 31.3 Å². The highest BCUT2D eigenvalue weighted by Crippen LogP contribution is 2.19. The summed E-state index contributed by atoms with van der Waals surface area (Å²) >= 11 is 3.52. The zero-order chi connectivity index (χ0) is 14.5. The maximum Gasteiger partial charge on any atom is 0.236 e. The molecular formula is C15H23BrClN3O. The molecule has 2 N–H and O–H groups in total. The first-order valence-electron chi connectivity index (χ1n) is 7.03. The largest absolute Gasteiger partial charge is 0.340 e. The van der Waals surface area contributed by atoms with Gasteiger partial charge in [0, 0.05) is 30.7 Å². The molecule has 1 aromatic rings. The number of hydrogen-bond acceptors (Lipinski definition) is 3. The van der Waals surface area contributed by atoms with Crippen LogP contribution in [0, 0.1) is 0 Å². The first kappa shape index (κ1) is 18.4. The Morgan fingerprint density at radius 1 is 1.48 bits per heavy atom. The summed E-state index contributed by atoms with van der Waals surface area (Å²) in [6.07, 6.45) is 2.25. The van der Waals surface area contributed by atoms with Gasteiger partial charge >= 0.3 is 0 Å². The third-order valence-corrected chi connectivity index (χ3v) is 4.67. The van der Waals surface area contributed by atoms with Crippen molar-refractivity contribution in [3.8, 4) is 0 Å². The zero-order valence-electron chi connectivity index (χ0n) is 12.3. The quantitative estimate of drug-likeness (QED) is 0.857. The van der Waals surface area contributed by atoms with Gasteiger partial charge in [-0.2, -0.15) is 0 Å². The highest BCUT2D eigenvalue weighted by molar-refractivity contribution is 9.10. The molecule has 1 fully saturated rings. The summed E-state index contributed by atoms with van der Waals surface area (Å²) in [6, 6.07) is 8.37. The minimum atomic E-state index is 0. The number of halogens is 2. The molecule has 0 saturated carbocycles. The molecular weight excluding hydrogens is 354 g/mol. The number of amides is 1. The molecule has 1 unspecified atom stereocenters. The smallest absolute Gasteiger partial charge is 0.236 e. The minimum Gasteiger partial charge on any atom is -0.340 e. The number of hydrogen-bond donors (Lipinski definition) is 1. The highest BCUT2D eigenvalue weighted by atomic mass is 79.9. The molecule has 21 heavy (non-hydrogen) atoms. The highest BCUT2D eigenvalue weighted by Gasteiger charge is 2.26. The van der Waals surface area contributed by atoms with Crippen LogP contribution in [0.3, 0.4) is 0 Å². The van der Waals surface area contributed by atoms with Gasteiger partial charge in [0.1, 0.15) is 0 Å². The second-order valence-electron chi connectivity index (χ2n) is 5.34. The Labute approximate surface area is 141 Å². The van der Waals surface area contributed by atoms with Gasteiger partial charge in [0.05, 0.1) is 6.54 Å². The fourth-order valence-electron chi connectivity index (χ4n) is 2.63. The number of likely N-dealkylation sites (N-methyl/N-ethyl adjacent to an activating group) is 1. The summed E-state index contributed by atoms with van der Waals surface area (Å²) in [6.45, 7) is 2.72. The summed E-state index contributed by atoms with van der Waals surface area (Å²) in [4.78, 5) is 16.3. The van der Waals surface area contributed by atoms with Crippen molar-refractivity contribution in [2.45, 2.75) is 25.4 Å². The van der Waals surface area contributed by atoms with Crippen molar-refractivity contribution >= 4 is 34.2 Å². The molecule has 0 aliphatic carbocycles. The molecule has 0 spiro atoms. The first-order valence-corrected chi connectivity index (χ1v) is 7.82. The van der Waals surface area contributed by atoms with E-state index in [1.165, 1.54) is 0 Å². The van der Waals surface area contributed by atoms with Crippen molar-refractivity contribution < 1.29 is 4.79 Å². The van der Waals surface area contributed by atoms with E-state index in [2.05, 4.69) is 20.8 Å². The molecule has 1 heterocycles. The molecule has 0 bridgehead atoms. The maximum absolute atomic E-state index is 12.3. The van der Waals surface area contributed by atoms with Crippen LogP contribution >= 0.6 is 28.3 Å². The van der Waals surface area contributed by atoms with Gasteiger partial charge in [-0.05, 0) is 31.0 Å². The summed E-state index contributed by atoms with van der Waals surface area (Å²) in [5, 5.41) is 0. The lowest BCUT2D eigenvalue weighted by atomic mass is 10.2. The second kappa shape index (κ2) is 8.73. The SMILES string of the molecule is CN(Cc1ccccc1Br)C(=O)CN1CCCC1CN.Cl. The third kappa shape index (κ3) is 4.95. The van der Waals surface area contributed by atoms with Crippen molar-refractivity contribution in [2.75, 3.05) is 26.7 Å². The summed E-state index contributed by atoms with van der Waals surface area (Å²) in [7, 11) is 1.86. The molecule has 1 atom stereocenters. The Kier molecular flexibility index (Phi) is 7.66. The Bertz CT molecular complexity index is 472. The van der Waals surface area contributed by atoms with Crippen LogP contribution in [0.4, 0.5) is 0 Å². The van der Waals surface area contributed by atoms with Gasteiger partial charge in [-0.25, -0.2) is 0 Å². The first-order chi connectivity index (χ1) is 9.61. The van der Waals surface area contributed by atoms with Crippen LogP contribution in [0.25, 0.3) is 0 Å². The minimum absolute atomic E-state index is 0. The molecule has 1 saturated heterocycles. The number of nitrogens with two attached hydrogens (primary N) is 1. The molecule has 2 rings (SSSR count). The Hall–Kier alpha value is -0.620. The summed E-state index contributed by atoms with van der Waals surface area (Å²) in [5.41, 5.74) is 6.87. The Balaban J connectivity index is 0.00000220. The van der Waals surface area contributed by atoms with Gasteiger partial charge < -0.3 is 10.6 Å². The maximum atomic E-state index is 12.3. The Morgan fingerprint density at radius 3 is 2.86 bits per heavy atom. The monoisotopic (exact) mass is 375 g/mol. The van der Waals surface area contributed by atoms with Crippen LogP contribution in [-0.2, 0) is 11.3 Å². The lowest BCUT2D eigenvalue weighted by Gasteiger charge is -2.26. The van der Waals surface area contributed by atoms with Crippen LogP contribution in [-0.4, -0.2) is 48.4 Å². The zero-order valence-corrected chi connectivity index (χ0v) is 14.7. The number of rotatable bonds is 5. The molecule has 0 radical (unpaired) electrons. The van der Waals surface area contributed by atoms with E-state index >= 15 is 0 Å². The summed E-state index contributed by atoms with van der Waals surface area (Å²) < 4.78 is 1.04. The van der Waals surface area contributed by atoms with Gasteiger partial charge in [0.15, 0.2) is 0 Å². The average molecular weight is 377 g/mol. The van der Waals surface area contributed by atoms with E-state index < -0.39 is 0 Å². The van der Waals surface area contributed by atoms with Gasteiger partial charge in [-0.15, -0.1) is 12.4 Å². The van der Waals surface area contributed by atoms with E-state index in [-0.39, 0.29) is 18.3 Å². The van der Waals surface area contributed by atoms with Crippen LogP contribution in [0.5, 0.6) is 0 Å². The predicted molar refractivity (Wildman–Crippen MR) is 91.5 cm³/mol. The van der Waals surface area contributed by atoms with Crippen molar-refractivity contribution in [3.05, 3.63) is 34.3 Å². The third-order valence-electron chi connectivity index (χ3n) is 3.90. The van der Waals surface area contributed by atoms with E-state index in [0.29, 0.717) is 25.7 Å². The fraction of sp³-hybridized carbons (Fsp3) is 0.533. The van der Waals surface area contributed by atoms with Gasteiger partial charge in [-0.1, -0.05) is 34.1 Å². The molecule has 1 aliphatic rings. The number of carbonyl (C=O) groups excluding carboxylic acids is 1. The number of carbonyl (C=O) groups is 1. The molecule has 1 aromatic carbocycles. The van der Waals surface area contributed by atoms with E-state index in [9.17, 15) is 4.79 Å². The lowest BCUT2D eigenvalue weighted by Crippen LogP contribution is -2.43. The molecule has 4 nitrogen and oxygen atoms in total. The molecule has 6 heteroatoms. The summed E-state index contributed by atoms with van der Waals surface area (Å²) in [5.74, 6) is 0.154. The molecule has 118 valence electrons. The lowest BCUT2D eigenvalue weighted by molar-refractivity contribution is -0.131. The average Bonchev–Trinajstić information content (AvgIpc) is 2.88. The fourth-order valence-corrected chi connectivity index (χ4v) is 3.05. The van der Waals surface area contributed by atoms with Crippen LogP contribution in [0.1, 0.15) is 18.4 Å². The molecule has 1 aliphatic heterocycles. The topological polar surface area (TPSA) is 49.6 Å². The Morgan fingerprint density at radius 2 is 2.19 bits per heavy atom. The standard InChI is InChI=1S/C15H22BrN3O.ClH/c1-18(10-12-5-2-3-7-14(12)16)15(20)11-19-8-4-6-13(19)9-17;/h2-3,5,7,13H,4,6,8-11,17H2,1H3;1H. The van der Waals surface area contributed by atoms with Crippen molar-refractivity contribution in [2.24, 2.45) is 5.73 Å². The van der Waals surface area contributed by atoms with Crippen molar-refractivity contribution in [1.29, 1.82) is 0 Å². The molecule has 0 aromatic heterocycles. The predicted octanol–water partition coefficient (Wildman–Crippen LogP) is 2.25. The number of likely N-dealkylation sites (tertiary alicyclic amines) is 1. The van der Waals surface area contributed by atoms with E-state index in [0.717, 1.165) is 29.4 Å². The van der Waals surface area contributed by atoms with Crippen molar-refractivity contribution in [3.63, 3.8) is 0 Å². The van der Waals surface area contributed by atoms with Gasteiger partial charge in [-0.3, -0.25) is 9.69 Å². The van der Waals surface area contributed by atoms with E-state index in [4.69, 9.17) is 5.73 Å². The van der Waals surface area contributed by atoms with Crippen LogP contribution in [0.15, 0.2) is 28.7 Å². The van der Waals surface area contributed by atoms with Crippen LogP contribution < -0.4 is 5.73 Å². The normalized spacial score (nSPS) is 18.3. The number of nitrogens with zero attached hydrogens (tertiary/aromatic N) is 2. The van der Waals surface area contributed by atoms with Gasteiger partial charge in [0.25, 0.3) is 0 Å². The van der Waals surface area contributed by atoms with Crippen molar-refractivity contribution in [1.82, 2.24) is 9.80 Å². The molecule has 1 amide bonds. The number of benzene rings is 1. The van der Waals surface area contributed by atoms with Gasteiger partial charge in [0.2, 0.25) is 5.91 Å². The second-order valence-corrected chi connectivity index (χ2v) is 6.20. The van der Waals surface area contributed by atoms with Crippen LogP contribution in [0.2, 0.25) is 0 Å². The van der Waals surface area contributed by atoms with E-state index in [1.54, 1.807) is 4.90 Å².